The summed E-state index contributed by atoms with van der Waals surface area (Å²) in [6.45, 7) is 5.18. The van der Waals surface area contributed by atoms with Crippen LogP contribution in [-0.4, -0.2) is 28.7 Å². The van der Waals surface area contributed by atoms with Crippen molar-refractivity contribution in [1.29, 1.82) is 0 Å². The molecule has 2 N–H and O–H groups in total. The van der Waals surface area contributed by atoms with Crippen LogP contribution in [0.25, 0.3) is 11.0 Å². The third kappa shape index (κ3) is 4.14. The first-order valence-corrected chi connectivity index (χ1v) is 10.8. The van der Waals surface area contributed by atoms with Crippen LogP contribution in [0.5, 0.6) is 0 Å². The van der Waals surface area contributed by atoms with Gasteiger partial charge in [0.15, 0.2) is 0 Å². The van der Waals surface area contributed by atoms with Crippen LogP contribution in [0.15, 0.2) is 42.5 Å². The number of benzene rings is 2. The van der Waals surface area contributed by atoms with Gasteiger partial charge in [0.25, 0.3) is 0 Å². The van der Waals surface area contributed by atoms with Gasteiger partial charge in [-0.2, -0.15) is 0 Å². The van der Waals surface area contributed by atoms with E-state index in [1.165, 1.54) is 11.1 Å². The fourth-order valence-electron chi connectivity index (χ4n) is 4.17. The Morgan fingerprint density at radius 2 is 1.93 bits per heavy atom. The van der Waals surface area contributed by atoms with Gasteiger partial charge in [-0.25, -0.2) is 4.98 Å². The highest BCUT2D eigenvalue weighted by atomic mass is 35.5. The molecule has 148 valence electrons. The minimum absolute atomic E-state index is 0.293. The first kappa shape index (κ1) is 19.6. The molecule has 28 heavy (non-hydrogen) atoms. The monoisotopic (exact) mass is 416 g/mol. The lowest BCUT2D eigenvalue weighted by Gasteiger charge is -2.32. The first-order chi connectivity index (χ1) is 13.7. The van der Waals surface area contributed by atoms with Crippen molar-refractivity contribution in [2.45, 2.75) is 38.8 Å². The molecule has 1 unspecified atom stereocenters. The molecular weight excluding hydrogens is 391 g/mol. The summed E-state index contributed by atoms with van der Waals surface area (Å²) in [5.41, 5.74) is 3.40. The molecule has 0 aliphatic carbocycles. The predicted octanol–water partition coefficient (Wildman–Crippen LogP) is 5.39. The van der Waals surface area contributed by atoms with Crippen molar-refractivity contribution in [2.75, 3.05) is 18.4 Å². The standard InChI is InChI=1S/C22H26Cl2N4/c1-2-28-21-6-4-3-5-19(21)26-22(28)27-20(16-9-11-25-12-10-16)14-15-7-8-17(23)18(24)13-15/h3-8,13,16,20,25H,2,9-12,14H2,1H3,(H,26,27). The number of imidazole rings is 1. The summed E-state index contributed by atoms with van der Waals surface area (Å²) >= 11 is 12.4. The number of hydrogen-bond acceptors (Lipinski definition) is 3. The molecule has 1 atom stereocenters. The number of nitrogens with zero attached hydrogens (tertiary/aromatic N) is 2. The Hall–Kier alpha value is -1.75. The Balaban J connectivity index is 1.64. The van der Waals surface area contributed by atoms with Crippen molar-refractivity contribution in [3.63, 3.8) is 0 Å². The SMILES string of the molecule is CCn1c(NC(Cc2ccc(Cl)c(Cl)c2)C2CCNCC2)nc2ccccc21. The number of nitrogens with one attached hydrogen (secondary N) is 2. The van der Waals surface area contributed by atoms with Crippen molar-refractivity contribution < 1.29 is 0 Å². The van der Waals surface area contributed by atoms with Crippen LogP contribution in [0, 0.1) is 5.92 Å². The van der Waals surface area contributed by atoms with Crippen molar-refractivity contribution >= 4 is 40.2 Å². The molecule has 0 saturated carbocycles. The molecule has 1 aromatic heterocycles. The second-order valence-electron chi connectivity index (χ2n) is 7.46. The lowest BCUT2D eigenvalue weighted by Crippen LogP contribution is -2.39. The minimum atomic E-state index is 0.293. The molecule has 1 aliphatic heterocycles. The number of piperidine rings is 1. The van der Waals surface area contributed by atoms with Crippen LogP contribution >= 0.6 is 23.2 Å². The van der Waals surface area contributed by atoms with Gasteiger partial charge in [0, 0.05) is 12.6 Å². The zero-order valence-electron chi connectivity index (χ0n) is 16.1. The molecule has 0 amide bonds. The average molecular weight is 417 g/mol. The lowest BCUT2D eigenvalue weighted by molar-refractivity contribution is 0.328. The highest BCUT2D eigenvalue weighted by Gasteiger charge is 2.25. The number of rotatable bonds is 6. The van der Waals surface area contributed by atoms with E-state index in [9.17, 15) is 0 Å². The summed E-state index contributed by atoms with van der Waals surface area (Å²) < 4.78 is 2.26. The maximum Gasteiger partial charge on any atom is 0.204 e. The summed E-state index contributed by atoms with van der Waals surface area (Å²) in [6.07, 6.45) is 3.21. The molecule has 2 aromatic carbocycles. The van der Waals surface area contributed by atoms with E-state index in [-0.39, 0.29) is 0 Å². The van der Waals surface area contributed by atoms with Gasteiger partial charge in [0.05, 0.1) is 21.1 Å². The number of aryl methyl sites for hydroxylation is 1. The number of hydrogen-bond donors (Lipinski definition) is 2. The molecule has 6 heteroatoms. The van der Waals surface area contributed by atoms with Gasteiger partial charge < -0.3 is 15.2 Å². The van der Waals surface area contributed by atoms with Gasteiger partial charge in [0.2, 0.25) is 5.95 Å². The summed E-state index contributed by atoms with van der Waals surface area (Å²) in [5, 5.41) is 8.48. The number of halogens is 2. The second-order valence-corrected chi connectivity index (χ2v) is 8.27. The van der Waals surface area contributed by atoms with Crippen LogP contribution < -0.4 is 10.6 Å². The quantitative estimate of drug-likeness (QED) is 0.566. The molecule has 3 aromatic rings. The van der Waals surface area contributed by atoms with E-state index in [2.05, 4.69) is 46.4 Å². The summed E-state index contributed by atoms with van der Waals surface area (Å²) in [4.78, 5) is 4.88. The number of aromatic nitrogens is 2. The van der Waals surface area contributed by atoms with Gasteiger partial charge in [0.1, 0.15) is 0 Å². The number of anilines is 1. The van der Waals surface area contributed by atoms with E-state index < -0.39 is 0 Å². The molecule has 4 nitrogen and oxygen atoms in total. The zero-order chi connectivity index (χ0) is 19.5. The molecule has 1 aliphatic rings. The fraction of sp³-hybridized carbons (Fsp3) is 0.409. The van der Waals surface area contributed by atoms with Crippen LogP contribution in [0.1, 0.15) is 25.3 Å². The summed E-state index contributed by atoms with van der Waals surface area (Å²) in [5.74, 6) is 1.54. The van der Waals surface area contributed by atoms with Gasteiger partial charge in [-0.1, -0.05) is 41.4 Å². The summed E-state index contributed by atoms with van der Waals surface area (Å²) in [7, 11) is 0. The smallest absolute Gasteiger partial charge is 0.204 e. The largest absolute Gasteiger partial charge is 0.352 e. The Morgan fingerprint density at radius 3 is 2.68 bits per heavy atom. The minimum Gasteiger partial charge on any atom is -0.352 e. The Bertz CT molecular complexity index is 947. The third-order valence-corrected chi connectivity index (χ3v) is 6.42. The van der Waals surface area contributed by atoms with E-state index in [1.807, 2.05) is 18.2 Å². The van der Waals surface area contributed by atoms with Crippen molar-refractivity contribution in [3.05, 3.63) is 58.1 Å². The Labute approximate surface area is 176 Å². The van der Waals surface area contributed by atoms with Gasteiger partial charge in [-0.05, 0) is 75.0 Å². The normalized spacial score (nSPS) is 16.4. The Kier molecular flexibility index (Phi) is 6.10. The van der Waals surface area contributed by atoms with Crippen molar-refractivity contribution in [3.8, 4) is 0 Å². The maximum absolute atomic E-state index is 6.27. The van der Waals surface area contributed by atoms with Gasteiger partial charge in [-0.15, -0.1) is 0 Å². The second kappa shape index (κ2) is 8.73. The van der Waals surface area contributed by atoms with Gasteiger partial charge >= 0.3 is 0 Å². The number of fused-ring (bicyclic) bond motifs is 1. The van der Waals surface area contributed by atoms with E-state index in [0.29, 0.717) is 22.0 Å². The lowest BCUT2D eigenvalue weighted by atomic mass is 9.86. The molecule has 0 spiro atoms. The highest BCUT2D eigenvalue weighted by molar-refractivity contribution is 6.42. The first-order valence-electron chi connectivity index (χ1n) is 10.0. The third-order valence-electron chi connectivity index (χ3n) is 5.68. The summed E-state index contributed by atoms with van der Waals surface area (Å²) in [6, 6.07) is 14.6. The average Bonchev–Trinajstić information content (AvgIpc) is 3.08. The molecule has 4 rings (SSSR count). The number of para-hydroxylation sites is 2. The van der Waals surface area contributed by atoms with E-state index in [1.54, 1.807) is 0 Å². The molecule has 2 heterocycles. The topological polar surface area (TPSA) is 41.9 Å². The van der Waals surface area contributed by atoms with Crippen LogP contribution in [0.3, 0.4) is 0 Å². The van der Waals surface area contributed by atoms with Crippen LogP contribution in [0.4, 0.5) is 5.95 Å². The zero-order valence-corrected chi connectivity index (χ0v) is 17.6. The predicted molar refractivity (Wildman–Crippen MR) is 119 cm³/mol. The Morgan fingerprint density at radius 1 is 1.14 bits per heavy atom. The molecule has 0 radical (unpaired) electrons. The molecule has 1 saturated heterocycles. The van der Waals surface area contributed by atoms with Crippen molar-refractivity contribution in [1.82, 2.24) is 14.9 Å². The van der Waals surface area contributed by atoms with Crippen LogP contribution in [0.2, 0.25) is 10.0 Å². The fourth-order valence-corrected chi connectivity index (χ4v) is 4.50. The molecular formula is C22H26Cl2N4. The maximum atomic E-state index is 6.27. The molecule has 0 bridgehead atoms. The van der Waals surface area contributed by atoms with Crippen molar-refractivity contribution in [2.24, 2.45) is 5.92 Å². The van der Waals surface area contributed by atoms with E-state index in [0.717, 1.165) is 50.4 Å². The van der Waals surface area contributed by atoms with Gasteiger partial charge in [-0.3, -0.25) is 0 Å². The highest BCUT2D eigenvalue weighted by Crippen LogP contribution is 2.28. The molecule has 1 fully saturated rings. The van der Waals surface area contributed by atoms with E-state index >= 15 is 0 Å². The van der Waals surface area contributed by atoms with E-state index in [4.69, 9.17) is 28.2 Å². The van der Waals surface area contributed by atoms with Crippen LogP contribution in [-0.2, 0) is 13.0 Å².